The first-order valence-electron chi connectivity index (χ1n) is 5.82. The molecule has 0 bridgehead atoms. The van der Waals surface area contributed by atoms with E-state index in [2.05, 4.69) is 15.0 Å². The second-order valence-electron chi connectivity index (χ2n) is 4.01. The number of carbonyl (C=O) groups excluding carboxylic acids is 1. The molecular formula is C14H12ClFN2O2. The van der Waals surface area contributed by atoms with Crippen molar-refractivity contribution >= 4 is 23.3 Å². The number of methoxy groups -OCH3 is 1. The van der Waals surface area contributed by atoms with Crippen LogP contribution in [0.3, 0.4) is 0 Å². The van der Waals surface area contributed by atoms with E-state index in [1.165, 1.54) is 19.4 Å². The van der Waals surface area contributed by atoms with Crippen LogP contribution in [0, 0.1) is 5.82 Å². The Labute approximate surface area is 120 Å². The van der Waals surface area contributed by atoms with Gasteiger partial charge in [-0.15, -0.1) is 0 Å². The summed E-state index contributed by atoms with van der Waals surface area (Å²) in [6.45, 7) is 0.333. The standard InChI is InChI=1S/C14H12ClFN2O2/c1-20-14(19)9-2-4-11(17-7-9)8-18-13-5-3-10(15)6-12(13)16/h2-7,18H,8H2,1H3. The quantitative estimate of drug-likeness (QED) is 0.879. The summed E-state index contributed by atoms with van der Waals surface area (Å²) in [5, 5.41) is 3.25. The first-order chi connectivity index (χ1) is 9.60. The maximum Gasteiger partial charge on any atom is 0.339 e. The first-order valence-corrected chi connectivity index (χ1v) is 6.20. The molecule has 104 valence electrons. The Kier molecular flexibility index (Phi) is 4.53. The number of rotatable bonds is 4. The van der Waals surface area contributed by atoms with Gasteiger partial charge in [-0.05, 0) is 30.3 Å². The Hall–Kier alpha value is -2.14. The highest BCUT2D eigenvalue weighted by Gasteiger charge is 2.06. The van der Waals surface area contributed by atoms with Crippen molar-refractivity contribution in [2.75, 3.05) is 12.4 Å². The van der Waals surface area contributed by atoms with E-state index in [1.807, 2.05) is 0 Å². The molecular weight excluding hydrogens is 283 g/mol. The number of hydrogen-bond acceptors (Lipinski definition) is 4. The minimum Gasteiger partial charge on any atom is -0.465 e. The molecule has 1 heterocycles. The van der Waals surface area contributed by atoms with Crippen molar-refractivity contribution in [3.8, 4) is 0 Å². The third-order valence-electron chi connectivity index (χ3n) is 2.64. The molecule has 0 amide bonds. The van der Waals surface area contributed by atoms with E-state index in [4.69, 9.17) is 11.6 Å². The Morgan fingerprint density at radius 1 is 1.40 bits per heavy atom. The Balaban J connectivity index is 2.02. The van der Waals surface area contributed by atoms with Crippen molar-refractivity contribution in [2.24, 2.45) is 0 Å². The highest BCUT2D eigenvalue weighted by molar-refractivity contribution is 6.30. The minimum atomic E-state index is -0.444. The van der Waals surface area contributed by atoms with Crippen LogP contribution in [-0.4, -0.2) is 18.1 Å². The average molecular weight is 295 g/mol. The average Bonchev–Trinajstić information content (AvgIpc) is 2.46. The van der Waals surface area contributed by atoms with Crippen molar-refractivity contribution in [2.45, 2.75) is 6.54 Å². The van der Waals surface area contributed by atoms with E-state index in [0.717, 1.165) is 0 Å². The van der Waals surface area contributed by atoms with Gasteiger partial charge in [0.15, 0.2) is 0 Å². The van der Waals surface area contributed by atoms with Crippen molar-refractivity contribution in [3.63, 3.8) is 0 Å². The zero-order chi connectivity index (χ0) is 14.5. The molecule has 20 heavy (non-hydrogen) atoms. The third kappa shape index (κ3) is 3.45. The van der Waals surface area contributed by atoms with Crippen LogP contribution in [0.5, 0.6) is 0 Å². The van der Waals surface area contributed by atoms with Gasteiger partial charge in [-0.2, -0.15) is 0 Å². The lowest BCUT2D eigenvalue weighted by Gasteiger charge is -2.07. The van der Waals surface area contributed by atoms with E-state index in [1.54, 1.807) is 24.3 Å². The van der Waals surface area contributed by atoms with Gasteiger partial charge in [0.2, 0.25) is 0 Å². The fraction of sp³-hybridized carbons (Fsp3) is 0.143. The molecule has 0 aliphatic heterocycles. The maximum atomic E-state index is 13.5. The topological polar surface area (TPSA) is 51.2 Å². The summed E-state index contributed by atoms with van der Waals surface area (Å²) < 4.78 is 18.1. The number of anilines is 1. The normalized spacial score (nSPS) is 10.2. The molecule has 1 aromatic carbocycles. The van der Waals surface area contributed by atoms with Crippen LogP contribution < -0.4 is 5.32 Å². The largest absolute Gasteiger partial charge is 0.465 e. The van der Waals surface area contributed by atoms with Crippen LogP contribution in [-0.2, 0) is 11.3 Å². The van der Waals surface area contributed by atoms with E-state index in [0.29, 0.717) is 28.5 Å². The van der Waals surface area contributed by atoms with Gasteiger partial charge in [0.05, 0.1) is 30.6 Å². The number of pyridine rings is 1. The summed E-state index contributed by atoms with van der Waals surface area (Å²) >= 11 is 5.67. The van der Waals surface area contributed by atoms with Gasteiger partial charge in [-0.25, -0.2) is 9.18 Å². The van der Waals surface area contributed by atoms with Gasteiger partial charge in [-0.1, -0.05) is 11.6 Å². The van der Waals surface area contributed by atoms with Gasteiger partial charge in [0.25, 0.3) is 0 Å². The summed E-state index contributed by atoms with van der Waals surface area (Å²) in [5.74, 6) is -0.871. The number of benzene rings is 1. The van der Waals surface area contributed by atoms with Crippen LogP contribution in [0.25, 0.3) is 0 Å². The minimum absolute atomic E-state index is 0.333. The summed E-state index contributed by atoms with van der Waals surface area (Å²) in [4.78, 5) is 15.3. The van der Waals surface area contributed by atoms with Gasteiger partial charge in [0, 0.05) is 11.2 Å². The number of ether oxygens (including phenoxy) is 1. The second kappa shape index (κ2) is 6.34. The molecule has 0 unspecified atom stereocenters. The lowest BCUT2D eigenvalue weighted by Crippen LogP contribution is -2.06. The van der Waals surface area contributed by atoms with Crippen LogP contribution in [0.15, 0.2) is 36.5 Å². The van der Waals surface area contributed by atoms with Gasteiger partial charge >= 0.3 is 5.97 Å². The Bertz CT molecular complexity index is 617. The molecule has 1 aromatic heterocycles. The Morgan fingerprint density at radius 2 is 2.20 bits per heavy atom. The van der Waals surface area contributed by atoms with Crippen molar-refractivity contribution < 1.29 is 13.9 Å². The summed E-state index contributed by atoms with van der Waals surface area (Å²) in [6.07, 6.45) is 1.42. The molecule has 0 atom stereocenters. The second-order valence-corrected chi connectivity index (χ2v) is 4.44. The molecule has 0 spiro atoms. The lowest BCUT2D eigenvalue weighted by atomic mass is 10.2. The van der Waals surface area contributed by atoms with Crippen LogP contribution >= 0.6 is 11.6 Å². The molecule has 0 saturated heterocycles. The zero-order valence-corrected chi connectivity index (χ0v) is 11.4. The van der Waals surface area contributed by atoms with Gasteiger partial charge < -0.3 is 10.1 Å². The van der Waals surface area contributed by atoms with E-state index in [9.17, 15) is 9.18 Å². The van der Waals surface area contributed by atoms with E-state index >= 15 is 0 Å². The first kappa shape index (κ1) is 14.3. The molecule has 0 aliphatic rings. The lowest BCUT2D eigenvalue weighted by molar-refractivity contribution is 0.0600. The maximum absolute atomic E-state index is 13.5. The molecule has 1 N–H and O–H groups in total. The number of esters is 1. The number of aromatic nitrogens is 1. The highest BCUT2D eigenvalue weighted by Crippen LogP contribution is 2.19. The molecule has 0 fully saturated rings. The van der Waals surface area contributed by atoms with Crippen molar-refractivity contribution in [1.82, 2.24) is 4.98 Å². The summed E-state index contributed by atoms with van der Waals surface area (Å²) in [7, 11) is 1.31. The van der Waals surface area contributed by atoms with Gasteiger partial charge in [-0.3, -0.25) is 4.98 Å². The van der Waals surface area contributed by atoms with Crippen molar-refractivity contribution in [3.05, 3.63) is 58.6 Å². The number of nitrogens with zero attached hydrogens (tertiary/aromatic N) is 1. The van der Waals surface area contributed by atoms with E-state index < -0.39 is 11.8 Å². The third-order valence-corrected chi connectivity index (χ3v) is 2.87. The predicted octanol–water partition coefficient (Wildman–Crippen LogP) is 3.27. The Morgan fingerprint density at radius 3 is 2.80 bits per heavy atom. The van der Waals surface area contributed by atoms with Crippen LogP contribution in [0.4, 0.5) is 10.1 Å². The molecule has 0 saturated carbocycles. The molecule has 4 nitrogen and oxygen atoms in total. The molecule has 0 radical (unpaired) electrons. The SMILES string of the molecule is COC(=O)c1ccc(CNc2ccc(Cl)cc2F)nc1. The van der Waals surface area contributed by atoms with E-state index in [-0.39, 0.29) is 0 Å². The molecule has 0 aliphatic carbocycles. The predicted molar refractivity (Wildman–Crippen MR) is 74.3 cm³/mol. The fourth-order valence-corrected chi connectivity index (χ4v) is 1.75. The molecule has 6 heteroatoms. The number of carbonyl (C=O) groups is 1. The monoisotopic (exact) mass is 294 g/mol. The number of hydrogen-bond donors (Lipinski definition) is 1. The van der Waals surface area contributed by atoms with Crippen LogP contribution in [0.2, 0.25) is 5.02 Å². The van der Waals surface area contributed by atoms with Gasteiger partial charge in [0.1, 0.15) is 5.82 Å². The van der Waals surface area contributed by atoms with Crippen molar-refractivity contribution in [1.29, 1.82) is 0 Å². The summed E-state index contributed by atoms with van der Waals surface area (Å²) in [6, 6.07) is 7.67. The highest BCUT2D eigenvalue weighted by atomic mass is 35.5. The molecule has 2 rings (SSSR count). The fourth-order valence-electron chi connectivity index (χ4n) is 1.59. The number of halogens is 2. The number of nitrogens with one attached hydrogen (secondary N) is 1. The molecule has 2 aromatic rings. The van der Waals surface area contributed by atoms with Crippen LogP contribution in [0.1, 0.15) is 16.1 Å². The zero-order valence-electron chi connectivity index (χ0n) is 10.7. The summed E-state index contributed by atoms with van der Waals surface area (Å²) in [5.41, 5.74) is 1.38. The smallest absolute Gasteiger partial charge is 0.339 e.